The van der Waals surface area contributed by atoms with Crippen LogP contribution in [0.5, 0.6) is 11.5 Å². The molecule has 3 aliphatic carbocycles. The normalized spacial score (nSPS) is 28.0. The molecule has 1 heterocycles. The molecule has 0 bridgehead atoms. The molecule has 7 nitrogen and oxygen atoms in total. The molecule has 4 atom stereocenters. The number of amides is 2. The molecule has 36 heavy (non-hydrogen) atoms. The lowest BCUT2D eigenvalue weighted by Crippen LogP contribution is -2.46. The van der Waals surface area contributed by atoms with Crippen LogP contribution in [-0.4, -0.2) is 46.0 Å². The molecule has 2 amide bonds. The fourth-order valence-electron chi connectivity index (χ4n) is 6.32. The van der Waals surface area contributed by atoms with E-state index in [1.54, 1.807) is 19.1 Å². The number of aromatic hydroxyl groups is 1. The lowest BCUT2D eigenvalue weighted by molar-refractivity contribution is -0.145. The fraction of sp³-hybridized carbons (Fsp3) is 0.429. The van der Waals surface area contributed by atoms with Gasteiger partial charge in [0, 0.05) is 28.2 Å². The van der Waals surface area contributed by atoms with Gasteiger partial charge in [0.1, 0.15) is 0 Å². The number of carbonyl (C=O) groups is 4. The highest BCUT2D eigenvalue weighted by Gasteiger charge is 2.58. The zero-order chi connectivity index (χ0) is 26.3. The number of imide groups is 1. The molecule has 0 radical (unpaired) electrons. The molecular weight excluding hydrogens is 573 g/mol. The summed E-state index contributed by atoms with van der Waals surface area (Å²) in [6, 6.07) is 3.48. The number of phenols is 1. The van der Waals surface area contributed by atoms with E-state index in [1.165, 1.54) is 18.1 Å². The second-order valence-corrected chi connectivity index (χ2v) is 12.1. The maximum Gasteiger partial charge on any atom is 0.234 e. The van der Waals surface area contributed by atoms with E-state index in [4.69, 9.17) is 4.74 Å². The summed E-state index contributed by atoms with van der Waals surface area (Å²) in [4.78, 5) is 55.1. The van der Waals surface area contributed by atoms with Crippen molar-refractivity contribution in [2.75, 3.05) is 7.11 Å². The van der Waals surface area contributed by atoms with Gasteiger partial charge in [-0.3, -0.25) is 24.1 Å². The SMILES string of the molecule is COc1cc(C2C3=CCC4C(=O)N(C(C)(C)C)C(=O)C4C3CC3=C2C(=O)C(C)=CC3=O)cc(I)c1O. The van der Waals surface area contributed by atoms with Crippen LogP contribution in [0.3, 0.4) is 0 Å². The molecule has 1 fully saturated rings. The molecule has 0 aromatic heterocycles. The van der Waals surface area contributed by atoms with Gasteiger partial charge >= 0.3 is 0 Å². The zero-order valence-electron chi connectivity index (χ0n) is 20.8. The maximum absolute atomic E-state index is 13.7. The van der Waals surface area contributed by atoms with Crippen molar-refractivity contribution >= 4 is 46.0 Å². The van der Waals surface area contributed by atoms with Crippen molar-refractivity contribution in [3.05, 3.63) is 55.7 Å². The smallest absolute Gasteiger partial charge is 0.234 e. The summed E-state index contributed by atoms with van der Waals surface area (Å²) in [6.07, 6.45) is 4.01. The van der Waals surface area contributed by atoms with Gasteiger partial charge in [0.2, 0.25) is 11.8 Å². The van der Waals surface area contributed by atoms with Crippen LogP contribution in [0.1, 0.15) is 52.0 Å². The van der Waals surface area contributed by atoms with Crippen LogP contribution in [0.2, 0.25) is 0 Å². The molecular formula is C28H28INO6. The van der Waals surface area contributed by atoms with E-state index in [0.717, 1.165) is 5.57 Å². The van der Waals surface area contributed by atoms with Crippen molar-refractivity contribution < 1.29 is 29.0 Å². The van der Waals surface area contributed by atoms with Gasteiger partial charge in [0.05, 0.1) is 22.5 Å². The molecule has 8 heteroatoms. The number of rotatable bonds is 2. The third-order valence-corrected chi connectivity index (χ3v) is 8.66. The Kier molecular flexibility index (Phi) is 5.81. The van der Waals surface area contributed by atoms with Crippen LogP contribution in [-0.2, 0) is 19.2 Å². The highest BCUT2D eigenvalue weighted by molar-refractivity contribution is 14.1. The van der Waals surface area contributed by atoms with Crippen molar-refractivity contribution in [1.82, 2.24) is 4.90 Å². The molecule has 1 saturated heterocycles. The number of phenolic OH excluding ortho intramolecular Hbond substituents is 1. The minimum absolute atomic E-state index is 0.000565. The first-order chi connectivity index (χ1) is 16.9. The van der Waals surface area contributed by atoms with Crippen LogP contribution in [0.4, 0.5) is 0 Å². The monoisotopic (exact) mass is 601 g/mol. The largest absolute Gasteiger partial charge is 0.504 e. The molecule has 1 N–H and O–H groups in total. The molecule has 0 spiro atoms. The van der Waals surface area contributed by atoms with Crippen molar-refractivity contribution in [2.45, 2.75) is 52.0 Å². The molecule has 188 valence electrons. The Bertz CT molecular complexity index is 1340. The number of hydrogen-bond donors (Lipinski definition) is 1. The predicted molar refractivity (Wildman–Crippen MR) is 140 cm³/mol. The minimum Gasteiger partial charge on any atom is -0.504 e. The average molecular weight is 601 g/mol. The highest BCUT2D eigenvalue weighted by Crippen LogP contribution is 2.56. The molecule has 0 saturated carbocycles. The number of carbonyl (C=O) groups excluding carboxylic acids is 4. The number of Topliss-reactive ketones (excluding diaryl/α,β-unsaturated/α-hetero) is 1. The first-order valence-corrected chi connectivity index (χ1v) is 13.1. The van der Waals surface area contributed by atoms with Gasteiger partial charge in [-0.1, -0.05) is 11.6 Å². The number of allylic oxidation sites excluding steroid dienone is 6. The van der Waals surface area contributed by atoms with Gasteiger partial charge in [0.25, 0.3) is 0 Å². The number of hydrogen-bond acceptors (Lipinski definition) is 6. The molecule has 4 aliphatic rings. The predicted octanol–water partition coefficient (Wildman–Crippen LogP) is 4.23. The number of benzene rings is 1. The number of methoxy groups -OCH3 is 1. The van der Waals surface area contributed by atoms with Crippen LogP contribution >= 0.6 is 22.6 Å². The van der Waals surface area contributed by atoms with Crippen LogP contribution in [0.15, 0.2) is 46.6 Å². The number of fused-ring (bicyclic) bond motifs is 3. The van der Waals surface area contributed by atoms with Crippen molar-refractivity contribution in [3.8, 4) is 11.5 Å². The van der Waals surface area contributed by atoms with E-state index in [2.05, 4.69) is 0 Å². The van der Waals surface area contributed by atoms with Gasteiger partial charge in [-0.05, 0) is 92.8 Å². The molecule has 1 aliphatic heterocycles. The Labute approximate surface area is 223 Å². The van der Waals surface area contributed by atoms with Crippen LogP contribution in [0.25, 0.3) is 0 Å². The first kappa shape index (κ1) is 24.9. The van der Waals surface area contributed by atoms with Gasteiger partial charge in [-0.2, -0.15) is 0 Å². The third kappa shape index (κ3) is 3.51. The quantitative estimate of drug-likeness (QED) is 0.236. The summed E-state index contributed by atoms with van der Waals surface area (Å²) in [7, 11) is 1.46. The van der Waals surface area contributed by atoms with Crippen molar-refractivity contribution in [1.29, 1.82) is 0 Å². The summed E-state index contributed by atoms with van der Waals surface area (Å²) in [5.41, 5.74) is 2.15. The maximum atomic E-state index is 13.7. The Morgan fingerprint density at radius 1 is 1.08 bits per heavy atom. The number of nitrogens with zero attached hydrogens (tertiary/aromatic N) is 1. The first-order valence-electron chi connectivity index (χ1n) is 12.0. The lowest BCUT2D eigenvalue weighted by Gasteiger charge is -2.42. The van der Waals surface area contributed by atoms with Crippen LogP contribution in [0, 0.1) is 21.3 Å². The Balaban J connectivity index is 1.72. The summed E-state index contributed by atoms with van der Waals surface area (Å²) in [5.74, 6) is -2.55. The number of ketones is 2. The molecule has 1 aromatic carbocycles. The van der Waals surface area contributed by atoms with E-state index in [-0.39, 0.29) is 47.2 Å². The highest BCUT2D eigenvalue weighted by atomic mass is 127. The van der Waals surface area contributed by atoms with Gasteiger partial charge in [-0.15, -0.1) is 0 Å². The Morgan fingerprint density at radius 2 is 1.78 bits per heavy atom. The van der Waals surface area contributed by atoms with E-state index >= 15 is 0 Å². The van der Waals surface area contributed by atoms with Gasteiger partial charge < -0.3 is 9.84 Å². The second kappa shape index (κ2) is 8.39. The van der Waals surface area contributed by atoms with Crippen molar-refractivity contribution in [3.63, 3.8) is 0 Å². The summed E-state index contributed by atoms with van der Waals surface area (Å²) >= 11 is 2.01. The Morgan fingerprint density at radius 3 is 2.42 bits per heavy atom. The zero-order valence-corrected chi connectivity index (χ0v) is 23.0. The van der Waals surface area contributed by atoms with E-state index in [9.17, 15) is 24.3 Å². The summed E-state index contributed by atoms with van der Waals surface area (Å²) in [5, 5.41) is 10.4. The number of ether oxygens (including phenoxy) is 1. The standard InChI is InChI=1S/C28H28INO6/c1-12-8-19(31)17-11-16-14(6-7-15-22(16)27(35)30(26(15)34)28(2,3)4)21(23(17)24(12)32)13-9-18(29)25(33)20(10-13)36-5/h6,8-10,15-16,21-22,33H,7,11H2,1-5H3. The third-order valence-electron chi connectivity index (χ3n) is 7.84. The van der Waals surface area contributed by atoms with Crippen LogP contribution < -0.4 is 4.74 Å². The molecule has 5 rings (SSSR count). The van der Waals surface area contributed by atoms with Gasteiger partial charge in [0.15, 0.2) is 23.1 Å². The second-order valence-electron chi connectivity index (χ2n) is 11.0. The minimum atomic E-state index is -0.652. The van der Waals surface area contributed by atoms with Gasteiger partial charge in [-0.25, -0.2) is 0 Å². The summed E-state index contributed by atoms with van der Waals surface area (Å²) < 4.78 is 5.94. The van der Waals surface area contributed by atoms with E-state index < -0.39 is 23.3 Å². The molecule has 4 unspecified atom stereocenters. The number of likely N-dealkylation sites (tertiary alicyclic amines) is 1. The number of halogens is 1. The molecule has 1 aromatic rings. The van der Waals surface area contributed by atoms with E-state index in [0.29, 0.717) is 32.3 Å². The van der Waals surface area contributed by atoms with Crippen molar-refractivity contribution in [2.24, 2.45) is 17.8 Å². The Hall–Kier alpha value is -2.75. The lowest BCUT2D eigenvalue weighted by atomic mass is 9.59. The average Bonchev–Trinajstić information content (AvgIpc) is 3.08. The summed E-state index contributed by atoms with van der Waals surface area (Å²) in [6.45, 7) is 7.18. The fourth-order valence-corrected chi connectivity index (χ4v) is 6.94. The topological polar surface area (TPSA) is 101 Å². The van der Waals surface area contributed by atoms with E-state index in [1.807, 2.05) is 49.4 Å².